The first-order valence-corrected chi connectivity index (χ1v) is 12.2. The van der Waals surface area contributed by atoms with E-state index in [1.165, 1.54) is 0 Å². The van der Waals surface area contributed by atoms with Crippen molar-refractivity contribution >= 4 is 33.9 Å². The third-order valence-corrected chi connectivity index (χ3v) is 6.39. The average molecular weight is 505 g/mol. The minimum absolute atomic E-state index is 0.0261. The predicted molar refractivity (Wildman–Crippen MR) is 141 cm³/mol. The van der Waals surface area contributed by atoms with Gasteiger partial charge in [-0.2, -0.15) is 5.26 Å². The quantitative estimate of drug-likeness (QED) is 0.373. The Kier molecular flexibility index (Phi) is 6.58. The molecule has 9 nitrogen and oxygen atoms in total. The van der Waals surface area contributed by atoms with Gasteiger partial charge < -0.3 is 20.8 Å². The molecule has 2 aliphatic rings. The monoisotopic (exact) mass is 504 g/mol. The molecular formula is C26H29ClN8O. The Balaban J connectivity index is 1.53. The molecule has 0 radical (unpaired) electrons. The summed E-state index contributed by atoms with van der Waals surface area (Å²) < 4.78 is 5.33. The standard InChI is InChI=1S/C26H29ClN8O/c1-26(2,3)15-31-23-17(9-28)11-30-25-20(23)7-18(8-21(25)27)32-24(16-5-4-6-29-10-16)22-12-35(34-33-22)19-13-36-14-19/h4-8,10-12,19,24,32-34H,13-15H2,1-3H3,(H,30,31)/t24-/m0/s1. The number of hydrazine groups is 2. The molecule has 2 aliphatic heterocycles. The lowest BCUT2D eigenvalue weighted by atomic mass is 9.96. The molecule has 4 heterocycles. The number of rotatable bonds is 7. The molecule has 0 amide bonds. The third-order valence-electron chi connectivity index (χ3n) is 6.10. The van der Waals surface area contributed by atoms with E-state index in [9.17, 15) is 5.26 Å². The summed E-state index contributed by atoms with van der Waals surface area (Å²) in [5.41, 5.74) is 11.1. The van der Waals surface area contributed by atoms with E-state index in [2.05, 4.69) is 58.4 Å². The van der Waals surface area contributed by atoms with E-state index in [0.29, 0.717) is 35.9 Å². The van der Waals surface area contributed by atoms with Gasteiger partial charge >= 0.3 is 0 Å². The van der Waals surface area contributed by atoms with Gasteiger partial charge in [0.2, 0.25) is 0 Å². The summed E-state index contributed by atoms with van der Waals surface area (Å²) in [6, 6.07) is 10.1. The Morgan fingerprint density at radius 3 is 2.81 bits per heavy atom. The molecule has 0 saturated carbocycles. The second-order valence-corrected chi connectivity index (χ2v) is 10.6. The molecule has 0 unspecified atom stereocenters. The van der Waals surface area contributed by atoms with Crippen LogP contribution in [0.4, 0.5) is 11.4 Å². The van der Waals surface area contributed by atoms with Crippen molar-refractivity contribution in [1.29, 1.82) is 5.26 Å². The number of fused-ring (bicyclic) bond motifs is 1. The Bertz CT molecular complexity index is 1330. The molecule has 1 saturated heterocycles. The van der Waals surface area contributed by atoms with Crippen LogP contribution in [0.25, 0.3) is 10.9 Å². The van der Waals surface area contributed by atoms with Gasteiger partial charge in [0.05, 0.1) is 52.8 Å². The zero-order valence-corrected chi connectivity index (χ0v) is 21.2. The predicted octanol–water partition coefficient (Wildman–Crippen LogP) is 4.33. The number of hydrogen-bond donors (Lipinski definition) is 4. The van der Waals surface area contributed by atoms with Gasteiger partial charge in [-0.25, -0.2) is 0 Å². The molecule has 10 heteroatoms. The number of benzene rings is 1. The maximum absolute atomic E-state index is 9.76. The summed E-state index contributed by atoms with van der Waals surface area (Å²) in [6.07, 6.45) is 7.21. The number of halogens is 1. The van der Waals surface area contributed by atoms with E-state index in [1.54, 1.807) is 12.4 Å². The fourth-order valence-corrected chi connectivity index (χ4v) is 4.36. The van der Waals surface area contributed by atoms with Gasteiger partial charge in [-0.15, -0.1) is 5.53 Å². The summed E-state index contributed by atoms with van der Waals surface area (Å²) in [4.78, 5) is 8.79. The average Bonchev–Trinajstić information content (AvgIpc) is 3.28. The lowest BCUT2D eigenvalue weighted by molar-refractivity contribution is -0.0635. The van der Waals surface area contributed by atoms with Crippen molar-refractivity contribution in [2.45, 2.75) is 32.9 Å². The Morgan fingerprint density at radius 2 is 2.14 bits per heavy atom. The van der Waals surface area contributed by atoms with Crippen molar-refractivity contribution in [3.8, 4) is 6.07 Å². The van der Waals surface area contributed by atoms with E-state index < -0.39 is 0 Å². The highest BCUT2D eigenvalue weighted by atomic mass is 35.5. The van der Waals surface area contributed by atoms with Crippen LogP contribution in [0.1, 0.15) is 37.9 Å². The minimum Gasteiger partial charge on any atom is -0.383 e. The smallest absolute Gasteiger partial charge is 0.103 e. The lowest BCUT2D eigenvalue weighted by Crippen LogP contribution is -2.52. The number of ether oxygens (including phenoxy) is 1. The molecule has 0 bridgehead atoms. The molecule has 2 aromatic heterocycles. The van der Waals surface area contributed by atoms with Crippen molar-refractivity contribution in [1.82, 2.24) is 25.9 Å². The van der Waals surface area contributed by atoms with Crippen LogP contribution in [0.2, 0.25) is 5.02 Å². The summed E-state index contributed by atoms with van der Waals surface area (Å²) in [5.74, 6) is 0. The van der Waals surface area contributed by atoms with Gasteiger partial charge in [0.15, 0.2) is 0 Å². The van der Waals surface area contributed by atoms with E-state index in [4.69, 9.17) is 16.3 Å². The summed E-state index contributed by atoms with van der Waals surface area (Å²) in [5, 5.41) is 20.1. The van der Waals surface area contributed by atoms with Crippen molar-refractivity contribution < 1.29 is 4.74 Å². The van der Waals surface area contributed by atoms with E-state index in [0.717, 1.165) is 28.0 Å². The highest BCUT2D eigenvalue weighted by molar-refractivity contribution is 6.35. The molecule has 1 fully saturated rings. The number of nitrogens with zero attached hydrogens (tertiary/aromatic N) is 4. The Labute approximate surface area is 215 Å². The van der Waals surface area contributed by atoms with Crippen LogP contribution in [0.5, 0.6) is 0 Å². The van der Waals surface area contributed by atoms with Gasteiger partial charge in [0, 0.05) is 42.4 Å². The molecular weight excluding hydrogens is 476 g/mol. The number of anilines is 2. The van der Waals surface area contributed by atoms with Crippen LogP contribution in [0.15, 0.2) is 54.8 Å². The number of pyridine rings is 2. The van der Waals surface area contributed by atoms with Crippen LogP contribution >= 0.6 is 11.6 Å². The van der Waals surface area contributed by atoms with Gasteiger partial charge in [-0.1, -0.05) is 38.4 Å². The highest BCUT2D eigenvalue weighted by Gasteiger charge is 2.30. The van der Waals surface area contributed by atoms with E-state index in [1.807, 2.05) is 41.7 Å². The summed E-state index contributed by atoms with van der Waals surface area (Å²) in [6.45, 7) is 8.48. The lowest BCUT2D eigenvalue weighted by Gasteiger charge is -2.33. The second-order valence-electron chi connectivity index (χ2n) is 10.2. The SMILES string of the molecule is CC(C)(C)CNc1c(C#N)cnc2c(Cl)cc(N[C@H](C3=CN(C4COC4)NN3)c3cccnc3)cc12. The normalized spacial score (nSPS) is 16.6. The topological polar surface area (TPSA) is 110 Å². The zero-order valence-electron chi connectivity index (χ0n) is 20.5. The number of aromatic nitrogens is 2. The Morgan fingerprint density at radius 1 is 1.31 bits per heavy atom. The van der Waals surface area contributed by atoms with Crippen LogP contribution in [-0.2, 0) is 4.74 Å². The van der Waals surface area contributed by atoms with E-state index in [-0.39, 0.29) is 17.5 Å². The van der Waals surface area contributed by atoms with Gasteiger partial charge in [-0.05, 0) is 29.2 Å². The molecule has 1 aromatic carbocycles. The maximum atomic E-state index is 9.76. The molecule has 3 aromatic rings. The fourth-order valence-electron chi connectivity index (χ4n) is 4.10. The van der Waals surface area contributed by atoms with E-state index >= 15 is 0 Å². The van der Waals surface area contributed by atoms with Crippen LogP contribution in [0.3, 0.4) is 0 Å². The largest absolute Gasteiger partial charge is 0.383 e. The number of nitriles is 1. The number of hydrogen-bond acceptors (Lipinski definition) is 9. The molecule has 186 valence electrons. The van der Waals surface area contributed by atoms with Crippen molar-refractivity contribution in [2.24, 2.45) is 5.41 Å². The molecule has 36 heavy (non-hydrogen) atoms. The highest BCUT2D eigenvalue weighted by Crippen LogP contribution is 2.36. The first-order valence-electron chi connectivity index (χ1n) is 11.8. The molecule has 4 N–H and O–H groups in total. The summed E-state index contributed by atoms with van der Waals surface area (Å²) in [7, 11) is 0. The first-order chi connectivity index (χ1) is 17.3. The van der Waals surface area contributed by atoms with Crippen LogP contribution in [-0.4, -0.2) is 40.8 Å². The second kappa shape index (κ2) is 9.82. The molecule has 0 aliphatic carbocycles. The fraction of sp³-hybridized carbons (Fsp3) is 0.346. The van der Waals surface area contributed by atoms with Gasteiger partial charge in [-0.3, -0.25) is 15.0 Å². The van der Waals surface area contributed by atoms with Gasteiger partial charge in [0.25, 0.3) is 0 Å². The minimum atomic E-state index is -0.233. The third kappa shape index (κ3) is 5.02. The summed E-state index contributed by atoms with van der Waals surface area (Å²) >= 11 is 6.71. The maximum Gasteiger partial charge on any atom is 0.103 e. The van der Waals surface area contributed by atoms with Crippen LogP contribution < -0.4 is 21.6 Å². The van der Waals surface area contributed by atoms with Crippen LogP contribution in [0, 0.1) is 16.7 Å². The zero-order chi connectivity index (χ0) is 25.3. The Hall–Kier alpha value is -3.58. The van der Waals surface area contributed by atoms with Crippen molar-refractivity contribution in [3.05, 3.63) is 70.9 Å². The molecule has 0 spiro atoms. The molecule has 1 atom stereocenters. The van der Waals surface area contributed by atoms with Crippen molar-refractivity contribution in [3.63, 3.8) is 0 Å². The first kappa shape index (κ1) is 24.1. The molecule has 5 rings (SSSR count). The number of nitrogens with one attached hydrogen (secondary N) is 4. The van der Waals surface area contributed by atoms with Crippen molar-refractivity contribution in [2.75, 3.05) is 30.4 Å². The van der Waals surface area contributed by atoms with Gasteiger partial charge in [0.1, 0.15) is 6.07 Å².